The van der Waals surface area contributed by atoms with E-state index in [9.17, 15) is 10.1 Å². The first-order valence-electron chi connectivity index (χ1n) is 6.88. The Morgan fingerprint density at radius 3 is 2.74 bits per heavy atom. The molecule has 0 bridgehead atoms. The van der Waals surface area contributed by atoms with Crippen LogP contribution in [0.25, 0.3) is 0 Å². The second-order valence-electron chi connectivity index (χ2n) is 5.29. The van der Waals surface area contributed by atoms with E-state index >= 15 is 0 Å². The van der Waals surface area contributed by atoms with Crippen molar-refractivity contribution in [3.63, 3.8) is 0 Å². The number of benzene rings is 1. The van der Waals surface area contributed by atoms with Crippen molar-refractivity contribution in [2.45, 2.75) is 44.4 Å². The summed E-state index contributed by atoms with van der Waals surface area (Å²) in [6.45, 7) is 0. The fourth-order valence-electron chi connectivity index (χ4n) is 2.81. The summed E-state index contributed by atoms with van der Waals surface area (Å²) >= 11 is 3.39. The number of nitrogens with zero attached hydrogens (tertiary/aromatic N) is 1. The minimum absolute atomic E-state index is 0.0764. The molecule has 1 aliphatic carbocycles. The van der Waals surface area contributed by atoms with Crippen molar-refractivity contribution in [3.8, 4) is 6.07 Å². The highest BCUT2D eigenvalue weighted by Crippen LogP contribution is 2.29. The van der Waals surface area contributed by atoms with Crippen LogP contribution in [0.5, 0.6) is 0 Å². The van der Waals surface area contributed by atoms with E-state index in [-0.39, 0.29) is 5.78 Å². The Morgan fingerprint density at radius 1 is 1.37 bits per heavy atom. The fourth-order valence-corrected chi connectivity index (χ4v) is 3.23. The quantitative estimate of drug-likeness (QED) is 0.814. The van der Waals surface area contributed by atoms with Gasteiger partial charge in [-0.1, -0.05) is 60.2 Å². The molecule has 100 valence electrons. The van der Waals surface area contributed by atoms with Crippen LogP contribution in [0.4, 0.5) is 0 Å². The van der Waals surface area contributed by atoms with Crippen molar-refractivity contribution in [1.82, 2.24) is 0 Å². The van der Waals surface area contributed by atoms with Gasteiger partial charge in [0.05, 0.1) is 6.07 Å². The molecule has 0 saturated heterocycles. The number of hydrogen-bond acceptors (Lipinski definition) is 2. The number of rotatable bonds is 4. The first-order chi connectivity index (χ1) is 9.20. The number of carbonyl (C=O) groups excluding carboxylic acids is 1. The first-order valence-corrected chi connectivity index (χ1v) is 7.68. The van der Waals surface area contributed by atoms with Gasteiger partial charge in [-0.25, -0.2) is 0 Å². The van der Waals surface area contributed by atoms with Crippen molar-refractivity contribution in [3.05, 3.63) is 34.3 Å². The van der Waals surface area contributed by atoms with Crippen LogP contribution in [0.3, 0.4) is 0 Å². The second-order valence-corrected chi connectivity index (χ2v) is 6.21. The number of nitriles is 1. The molecule has 1 aromatic rings. The maximum Gasteiger partial charge on any atom is 0.154 e. The Kier molecular flexibility index (Phi) is 5.15. The van der Waals surface area contributed by atoms with Crippen LogP contribution in [-0.2, 0) is 4.79 Å². The van der Waals surface area contributed by atoms with Gasteiger partial charge in [0.2, 0.25) is 0 Å². The van der Waals surface area contributed by atoms with Gasteiger partial charge < -0.3 is 0 Å². The predicted octanol–water partition coefficient (Wildman–Crippen LogP) is 4.60. The molecule has 0 radical (unpaired) electrons. The van der Waals surface area contributed by atoms with Crippen LogP contribution >= 0.6 is 15.9 Å². The van der Waals surface area contributed by atoms with Gasteiger partial charge in [0.25, 0.3) is 0 Å². The zero-order valence-electron chi connectivity index (χ0n) is 10.9. The molecule has 1 unspecified atom stereocenters. The van der Waals surface area contributed by atoms with Gasteiger partial charge in [-0.2, -0.15) is 5.26 Å². The summed E-state index contributed by atoms with van der Waals surface area (Å²) in [5.41, 5.74) is 0.803. The summed E-state index contributed by atoms with van der Waals surface area (Å²) in [7, 11) is 0. The van der Waals surface area contributed by atoms with Gasteiger partial charge in [0.1, 0.15) is 5.92 Å². The van der Waals surface area contributed by atoms with E-state index in [2.05, 4.69) is 22.0 Å². The molecule has 1 fully saturated rings. The van der Waals surface area contributed by atoms with E-state index in [0.29, 0.717) is 12.3 Å². The van der Waals surface area contributed by atoms with E-state index in [4.69, 9.17) is 0 Å². The molecule has 0 amide bonds. The molecule has 0 spiro atoms. The van der Waals surface area contributed by atoms with Crippen molar-refractivity contribution in [2.75, 3.05) is 0 Å². The molecule has 19 heavy (non-hydrogen) atoms. The lowest BCUT2D eigenvalue weighted by molar-refractivity contribution is -0.120. The summed E-state index contributed by atoms with van der Waals surface area (Å²) in [4.78, 5) is 12.3. The number of carbonyl (C=O) groups is 1. The fraction of sp³-hybridized carbons (Fsp3) is 0.500. The number of halogens is 1. The Bertz CT molecular complexity index is 486. The molecule has 1 atom stereocenters. The van der Waals surface area contributed by atoms with Crippen molar-refractivity contribution in [2.24, 2.45) is 5.92 Å². The van der Waals surface area contributed by atoms with Gasteiger partial charge in [0.15, 0.2) is 5.78 Å². The number of ketones is 1. The Balaban J connectivity index is 2.05. The van der Waals surface area contributed by atoms with Crippen molar-refractivity contribution in [1.29, 1.82) is 5.26 Å². The normalized spacial score (nSPS) is 17.7. The molecule has 1 aliphatic rings. The monoisotopic (exact) mass is 319 g/mol. The largest absolute Gasteiger partial charge is 0.298 e. The van der Waals surface area contributed by atoms with E-state index in [1.54, 1.807) is 0 Å². The van der Waals surface area contributed by atoms with E-state index < -0.39 is 5.92 Å². The maximum absolute atomic E-state index is 12.3. The number of hydrogen-bond donors (Lipinski definition) is 0. The lowest BCUT2D eigenvalue weighted by Crippen LogP contribution is -2.17. The average molecular weight is 320 g/mol. The molecule has 1 aromatic carbocycles. The summed E-state index contributed by atoms with van der Waals surface area (Å²) in [6, 6.07) is 9.67. The predicted molar refractivity (Wildman–Crippen MR) is 78.7 cm³/mol. The van der Waals surface area contributed by atoms with Gasteiger partial charge in [-0.15, -0.1) is 0 Å². The van der Waals surface area contributed by atoms with Crippen LogP contribution in [0.1, 0.15) is 50.0 Å². The summed E-state index contributed by atoms with van der Waals surface area (Å²) in [5.74, 6) is -0.0452. The highest BCUT2D eigenvalue weighted by Gasteiger charge is 2.24. The lowest BCUT2D eigenvalue weighted by Gasteiger charge is -2.21. The third-order valence-electron chi connectivity index (χ3n) is 3.85. The molecule has 3 heteroatoms. The minimum Gasteiger partial charge on any atom is -0.298 e. The number of Topliss-reactive ketones (excluding diaryl/α,β-unsaturated/α-hetero) is 1. The van der Waals surface area contributed by atoms with Gasteiger partial charge in [-0.3, -0.25) is 4.79 Å². The molecule has 0 N–H and O–H groups in total. The summed E-state index contributed by atoms with van der Waals surface area (Å²) in [6.07, 6.45) is 6.59. The van der Waals surface area contributed by atoms with Crippen molar-refractivity contribution < 1.29 is 4.79 Å². The van der Waals surface area contributed by atoms with E-state index in [0.717, 1.165) is 22.9 Å². The topological polar surface area (TPSA) is 40.9 Å². The van der Waals surface area contributed by atoms with Crippen LogP contribution in [0.15, 0.2) is 28.7 Å². The zero-order valence-corrected chi connectivity index (χ0v) is 12.5. The van der Waals surface area contributed by atoms with Gasteiger partial charge in [-0.05, 0) is 23.6 Å². The van der Waals surface area contributed by atoms with Gasteiger partial charge >= 0.3 is 0 Å². The minimum atomic E-state index is -0.612. The van der Waals surface area contributed by atoms with Crippen LogP contribution < -0.4 is 0 Å². The summed E-state index contributed by atoms with van der Waals surface area (Å²) < 4.78 is 0.913. The molecule has 0 aliphatic heterocycles. The molecule has 0 heterocycles. The Morgan fingerprint density at radius 2 is 2.11 bits per heavy atom. The van der Waals surface area contributed by atoms with Gasteiger partial charge in [0, 0.05) is 10.9 Å². The van der Waals surface area contributed by atoms with E-state index in [1.165, 1.54) is 19.3 Å². The van der Waals surface area contributed by atoms with Crippen LogP contribution in [-0.4, -0.2) is 5.78 Å². The third-order valence-corrected chi connectivity index (χ3v) is 4.34. The SMILES string of the molecule is N#CC(C(=O)CC1CCCCC1)c1cccc(Br)c1. The highest BCUT2D eigenvalue weighted by atomic mass is 79.9. The molecular weight excluding hydrogens is 302 g/mol. The van der Waals surface area contributed by atoms with Crippen molar-refractivity contribution >= 4 is 21.7 Å². The smallest absolute Gasteiger partial charge is 0.154 e. The Labute approximate surface area is 122 Å². The highest BCUT2D eigenvalue weighted by molar-refractivity contribution is 9.10. The molecule has 2 rings (SSSR count). The second kappa shape index (κ2) is 6.86. The molecule has 1 saturated carbocycles. The lowest BCUT2D eigenvalue weighted by atomic mass is 9.82. The Hall–Kier alpha value is -1.14. The molecule has 0 aromatic heterocycles. The summed E-state index contributed by atoms with van der Waals surface area (Å²) in [5, 5.41) is 9.28. The molecule has 2 nitrogen and oxygen atoms in total. The average Bonchev–Trinajstić information content (AvgIpc) is 2.41. The van der Waals surface area contributed by atoms with Crippen LogP contribution in [0, 0.1) is 17.2 Å². The molecular formula is C16H18BrNO. The van der Waals surface area contributed by atoms with Crippen LogP contribution in [0.2, 0.25) is 0 Å². The maximum atomic E-state index is 12.3. The standard InChI is InChI=1S/C16H18BrNO/c17-14-8-4-7-13(10-14)15(11-18)16(19)9-12-5-2-1-3-6-12/h4,7-8,10,12,15H,1-3,5-6,9H2. The zero-order chi connectivity index (χ0) is 13.7. The first kappa shape index (κ1) is 14.3. The third kappa shape index (κ3) is 3.91. The van der Waals surface area contributed by atoms with E-state index in [1.807, 2.05) is 24.3 Å².